The van der Waals surface area contributed by atoms with Crippen molar-refractivity contribution in [3.8, 4) is 0 Å². The molecule has 1 unspecified atom stereocenters. The molecule has 0 aromatic heterocycles. The summed E-state index contributed by atoms with van der Waals surface area (Å²) in [7, 11) is 1.65. The quantitative estimate of drug-likeness (QED) is 0.506. The maximum absolute atomic E-state index is 13.1. The lowest BCUT2D eigenvalue weighted by molar-refractivity contribution is 0.0683. The van der Waals surface area contributed by atoms with E-state index >= 15 is 0 Å². The summed E-state index contributed by atoms with van der Waals surface area (Å²) in [5.41, 5.74) is 0.960. The van der Waals surface area contributed by atoms with Crippen LogP contribution in [0.4, 0.5) is 4.39 Å². The predicted octanol–water partition coefficient (Wildman–Crippen LogP) is 3.59. The van der Waals surface area contributed by atoms with Crippen LogP contribution in [-0.2, 0) is 9.47 Å². The van der Waals surface area contributed by atoms with Gasteiger partial charge in [-0.25, -0.2) is 4.39 Å². The smallest absolute Gasteiger partial charge is 0.123 e. The Morgan fingerprint density at radius 2 is 2.11 bits per heavy atom. The zero-order valence-electron chi connectivity index (χ0n) is 10.7. The molecule has 4 heteroatoms. The summed E-state index contributed by atoms with van der Waals surface area (Å²) in [6, 6.07) is 6.64. The zero-order valence-corrected chi connectivity index (χ0v) is 11.5. The Morgan fingerprint density at radius 1 is 1.28 bits per heavy atom. The molecule has 0 saturated carbocycles. The summed E-state index contributed by atoms with van der Waals surface area (Å²) < 4.78 is 23.4. The van der Waals surface area contributed by atoms with Crippen LogP contribution in [0.15, 0.2) is 24.3 Å². The Labute approximate surface area is 113 Å². The van der Waals surface area contributed by atoms with E-state index in [4.69, 9.17) is 21.1 Å². The number of methoxy groups -OCH3 is 1. The van der Waals surface area contributed by atoms with Gasteiger partial charge in [0.25, 0.3) is 0 Å². The molecule has 0 radical (unpaired) electrons. The first-order valence-corrected chi connectivity index (χ1v) is 6.69. The first kappa shape index (κ1) is 15.4. The minimum Gasteiger partial charge on any atom is -0.382 e. The van der Waals surface area contributed by atoms with E-state index in [0.717, 1.165) is 18.4 Å². The highest BCUT2D eigenvalue weighted by atomic mass is 35.5. The molecule has 0 spiro atoms. The van der Waals surface area contributed by atoms with Crippen molar-refractivity contribution in [3.05, 3.63) is 35.6 Å². The normalized spacial score (nSPS) is 12.6. The minimum absolute atomic E-state index is 0.188. The van der Waals surface area contributed by atoms with E-state index in [1.54, 1.807) is 19.2 Å². The van der Waals surface area contributed by atoms with Crippen LogP contribution < -0.4 is 0 Å². The molecule has 0 aliphatic carbocycles. The lowest BCUT2D eigenvalue weighted by Gasteiger charge is -2.14. The third kappa shape index (κ3) is 5.80. The van der Waals surface area contributed by atoms with Crippen LogP contribution in [-0.4, -0.2) is 32.8 Å². The van der Waals surface area contributed by atoms with Gasteiger partial charge in [0.05, 0.1) is 13.2 Å². The number of benzene rings is 1. The van der Waals surface area contributed by atoms with Crippen molar-refractivity contribution >= 4 is 11.6 Å². The maximum Gasteiger partial charge on any atom is 0.123 e. The second kappa shape index (κ2) is 9.31. The van der Waals surface area contributed by atoms with Gasteiger partial charge < -0.3 is 9.47 Å². The molecule has 0 amide bonds. The van der Waals surface area contributed by atoms with Crippen LogP contribution in [0.5, 0.6) is 0 Å². The van der Waals surface area contributed by atoms with Gasteiger partial charge in [-0.05, 0) is 36.5 Å². The highest BCUT2D eigenvalue weighted by Crippen LogP contribution is 2.23. The number of hydrogen-bond acceptors (Lipinski definition) is 2. The fraction of sp³-hybridized carbons (Fsp3) is 0.571. The maximum atomic E-state index is 13.1. The Balaban J connectivity index is 2.29. The molecule has 1 aromatic rings. The molecular weight excluding hydrogens is 255 g/mol. The fourth-order valence-corrected chi connectivity index (χ4v) is 2.10. The van der Waals surface area contributed by atoms with E-state index in [-0.39, 0.29) is 11.7 Å². The van der Waals surface area contributed by atoms with Crippen molar-refractivity contribution in [2.45, 2.75) is 18.8 Å². The number of hydrogen-bond donors (Lipinski definition) is 0. The molecule has 0 fully saturated rings. The number of rotatable bonds is 9. The van der Waals surface area contributed by atoms with E-state index in [1.165, 1.54) is 6.07 Å². The van der Waals surface area contributed by atoms with Gasteiger partial charge in [0, 0.05) is 19.6 Å². The lowest BCUT2D eigenvalue weighted by atomic mass is 9.96. The minimum atomic E-state index is -0.209. The summed E-state index contributed by atoms with van der Waals surface area (Å²) in [6.07, 6.45) is 1.82. The van der Waals surface area contributed by atoms with Crippen LogP contribution in [0, 0.1) is 5.82 Å². The van der Waals surface area contributed by atoms with Gasteiger partial charge in [-0.2, -0.15) is 0 Å². The first-order chi connectivity index (χ1) is 8.77. The topological polar surface area (TPSA) is 18.5 Å². The van der Waals surface area contributed by atoms with Gasteiger partial charge in [-0.3, -0.25) is 0 Å². The van der Waals surface area contributed by atoms with Gasteiger partial charge in [-0.1, -0.05) is 12.1 Å². The molecule has 2 nitrogen and oxygen atoms in total. The SMILES string of the molecule is COCCOCCCC(CCl)c1cccc(F)c1. The second-order valence-corrected chi connectivity index (χ2v) is 4.46. The number of halogens is 2. The third-order valence-corrected chi connectivity index (χ3v) is 3.15. The average molecular weight is 275 g/mol. The van der Waals surface area contributed by atoms with Crippen molar-refractivity contribution in [1.82, 2.24) is 0 Å². The Hall–Kier alpha value is -0.640. The molecule has 0 aliphatic rings. The van der Waals surface area contributed by atoms with Crippen molar-refractivity contribution < 1.29 is 13.9 Å². The van der Waals surface area contributed by atoms with Crippen molar-refractivity contribution in [2.24, 2.45) is 0 Å². The highest BCUT2D eigenvalue weighted by Gasteiger charge is 2.10. The Bertz CT molecular complexity index is 333. The zero-order chi connectivity index (χ0) is 13.2. The van der Waals surface area contributed by atoms with Crippen molar-refractivity contribution in [1.29, 1.82) is 0 Å². The molecule has 0 heterocycles. The monoisotopic (exact) mass is 274 g/mol. The summed E-state index contributed by atoms with van der Waals surface area (Å²) in [5, 5.41) is 0. The first-order valence-electron chi connectivity index (χ1n) is 6.16. The summed E-state index contributed by atoms with van der Waals surface area (Å²) in [5.74, 6) is 0.481. The largest absolute Gasteiger partial charge is 0.382 e. The van der Waals surface area contributed by atoms with Gasteiger partial charge in [0.1, 0.15) is 5.82 Å². The van der Waals surface area contributed by atoms with Crippen LogP contribution in [0.1, 0.15) is 24.3 Å². The van der Waals surface area contributed by atoms with Gasteiger partial charge >= 0.3 is 0 Å². The van der Waals surface area contributed by atoms with Crippen LogP contribution in [0.2, 0.25) is 0 Å². The van der Waals surface area contributed by atoms with Crippen LogP contribution >= 0.6 is 11.6 Å². The van der Waals surface area contributed by atoms with Gasteiger partial charge in [0.15, 0.2) is 0 Å². The average Bonchev–Trinajstić information content (AvgIpc) is 2.38. The van der Waals surface area contributed by atoms with E-state index in [1.807, 2.05) is 6.07 Å². The molecule has 18 heavy (non-hydrogen) atoms. The second-order valence-electron chi connectivity index (χ2n) is 4.15. The molecule has 1 atom stereocenters. The summed E-state index contributed by atoms with van der Waals surface area (Å²) >= 11 is 5.93. The molecular formula is C14H20ClFO2. The summed E-state index contributed by atoms with van der Waals surface area (Å²) in [4.78, 5) is 0. The van der Waals surface area contributed by atoms with E-state index in [9.17, 15) is 4.39 Å². The molecule has 0 aliphatic heterocycles. The Kier molecular flexibility index (Phi) is 7.98. The lowest BCUT2D eigenvalue weighted by Crippen LogP contribution is -2.06. The van der Waals surface area contributed by atoms with Crippen LogP contribution in [0.25, 0.3) is 0 Å². The standard InChI is InChI=1S/C14H20ClFO2/c1-17-8-9-18-7-3-5-13(11-15)12-4-2-6-14(16)10-12/h2,4,6,10,13H,3,5,7-9,11H2,1H3. The Morgan fingerprint density at radius 3 is 2.78 bits per heavy atom. The summed E-state index contributed by atoms with van der Waals surface area (Å²) in [6.45, 7) is 1.91. The molecule has 1 aromatic carbocycles. The van der Waals surface area contributed by atoms with Crippen LogP contribution in [0.3, 0.4) is 0 Å². The molecule has 0 bridgehead atoms. The van der Waals surface area contributed by atoms with Crippen molar-refractivity contribution in [2.75, 3.05) is 32.8 Å². The van der Waals surface area contributed by atoms with Crippen molar-refractivity contribution in [3.63, 3.8) is 0 Å². The number of ether oxygens (including phenoxy) is 2. The molecule has 0 N–H and O–H groups in total. The van der Waals surface area contributed by atoms with Gasteiger partial charge in [-0.15, -0.1) is 11.6 Å². The van der Waals surface area contributed by atoms with E-state index in [2.05, 4.69) is 0 Å². The third-order valence-electron chi connectivity index (χ3n) is 2.78. The highest BCUT2D eigenvalue weighted by molar-refractivity contribution is 6.18. The molecule has 0 saturated heterocycles. The van der Waals surface area contributed by atoms with E-state index < -0.39 is 0 Å². The van der Waals surface area contributed by atoms with E-state index in [0.29, 0.717) is 25.7 Å². The van der Waals surface area contributed by atoms with Gasteiger partial charge in [0.2, 0.25) is 0 Å². The predicted molar refractivity (Wildman–Crippen MR) is 71.8 cm³/mol. The molecule has 1 rings (SSSR count). The molecule has 102 valence electrons. The number of alkyl halides is 1. The fourth-order valence-electron chi connectivity index (χ4n) is 1.77.